The van der Waals surface area contributed by atoms with Gasteiger partial charge in [0.1, 0.15) is 4.90 Å². The third-order valence-electron chi connectivity index (χ3n) is 5.81. The van der Waals surface area contributed by atoms with Gasteiger partial charge in [0.15, 0.2) is 5.16 Å². The lowest BCUT2D eigenvalue weighted by molar-refractivity contribution is -0.113. The Kier molecular flexibility index (Phi) is 6.51. The summed E-state index contributed by atoms with van der Waals surface area (Å²) in [5.41, 5.74) is 5.39. The van der Waals surface area contributed by atoms with Crippen molar-refractivity contribution in [2.45, 2.75) is 30.4 Å². The number of benzene rings is 3. The molecule has 5 rings (SSSR count). The Morgan fingerprint density at radius 2 is 1.75 bits per heavy atom. The number of aryl methyl sites for hydroxylation is 2. The number of rotatable bonds is 6. The number of nitrogens with one attached hydrogen (secondary N) is 1. The van der Waals surface area contributed by atoms with E-state index in [0.29, 0.717) is 22.1 Å². The van der Waals surface area contributed by atoms with Gasteiger partial charge in [-0.3, -0.25) is 9.10 Å². The maximum atomic E-state index is 13.6. The van der Waals surface area contributed by atoms with E-state index < -0.39 is 10.0 Å². The van der Waals surface area contributed by atoms with Gasteiger partial charge in [0.25, 0.3) is 10.0 Å². The molecule has 1 aliphatic rings. The first-order valence-electron chi connectivity index (χ1n) is 11.4. The van der Waals surface area contributed by atoms with Gasteiger partial charge in [-0.05, 0) is 43.2 Å². The number of amides is 1. The molecule has 3 aromatic carbocycles. The first kappa shape index (κ1) is 24.0. The van der Waals surface area contributed by atoms with Crippen LogP contribution >= 0.6 is 11.8 Å². The minimum atomic E-state index is -3.88. The van der Waals surface area contributed by atoms with Crippen LogP contribution in [0.3, 0.4) is 0 Å². The molecule has 7 nitrogen and oxygen atoms in total. The zero-order valence-corrected chi connectivity index (χ0v) is 21.4. The standard InChI is InChI=1S/C27H24N4O3S2/c1-18-10-12-20(13-11-18)16-31-23-9-4-3-8-22(23)26-24(36(31,33)34)15-28-27(30-26)35-17-25(32)29-21-7-5-6-19(2)14-21/h3-15H,16-17H2,1-2H3,(H,29,32). The van der Waals surface area contributed by atoms with Crippen LogP contribution in [-0.2, 0) is 21.4 Å². The van der Waals surface area contributed by atoms with Crippen LogP contribution in [0.1, 0.15) is 16.7 Å². The normalized spacial score (nSPS) is 13.6. The summed E-state index contributed by atoms with van der Waals surface area (Å²) in [4.78, 5) is 21.3. The largest absolute Gasteiger partial charge is 0.325 e. The third-order valence-corrected chi connectivity index (χ3v) is 8.43. The molecule has 9 heteroatoms. The van der Waals surface area contributed by atoms with E-state index in [1.165, 1.54) is 10.5 Å². The highest BCUT2D eigenvalue weighted by Gasteiger charge is 2.36. The summed E-state index contributed by atoms with van der Waals surface area (Å²) in [6.45, 7) is 4.15. The summed E-state index contributed by atoms with van der Waals surface area (Å²) in [5, 5.41) is 3.20. The van der Waals surface area contributed by atoms with Crippen LogP contribution in [0.4, 0.5) is 11.4 Å². The number of anilines is 2. The van der Waals surface area contributed by atoms with Gasteiger partial charge in [-0.15, -0.1) is 0 Å². The van der Waals surface area contributed by atoms with Crippen molar-refractivity contribution < 1.29 is 13.2 Å². The summed E-state index contributed by atoms with van der Waals surface area (Å²) in [7, 11) is -3.88. The average molecular weight is 517 g/mol. The summed E-state index contributed by atoms with van der Waals surface area (Å²) < 4.78 is 28.6. The molecule has 1 N–H and O–H groups in total. The molecule has 0 bridgehead atoms. The zero-order chi connectivity index (χ0) is 25.3. The summed E-state index contributed by atoms with van der Waals surface area (Å²) in [6.07, 6.45) is 1.34. The lowest BCUT2D eigenvalue weighted by Crippen LogP contribution is -2.34. The van der Waals surface area contributed by atoms with Crippen LogP contribution < -0.4 is 9.62 Å². The topological polar surface area (TPSA) is 92.3 Å². The predicted molar refractivity (Wildman–Crippen MR) is 143 cm³/mol. The van der Waals surface area contributed by atoms with E-state index in [1.807, 2.05) is 80.6 Å². The molecule has 1 amide bonds. The molecule has 0 fully saturated rings. The Bertz CT molecular complexity index is 1550. The van der Waals surface area contributed by atoms with Crippen molar-refractivity contribution in [1.29, 1.82) is 0 Å². The molecular formula is C27H24N4O3S2. The van der Waals surface area contributed by atoms with Crippen molar-refractivity contribution in [2.75, 3.05) is 15.4 Å². The SMILES string of the molecule is Cc1ccc(CN2c3ccccc3-c3nc(SCC(=O)Nc4cccc(C)c4)ncc3S2(=O)=O)cc1. The molecule has 1 aromatic heterocycles. The number of para-hydroxylation sites is 1. The van der Waals surface area contributed by atoms with Crippen LogP contribution in [0.15, 0.2) is 89.0 Å². The molecule has 0 atom stereocenters. The van der Waals surface area contributed by atoms with E-state index in [9.17, 15) is 13.2 Å². The van der Waals surface area contributed by atoms with Crippen molar-refractivity contribution in [2.24, 2.45) is 0 Å². The molecular weight excluding hydrogens is 492 g/mol. The molecule has 0 spiro atoms. The lowest BCUT2D eigenvalue weighted by Gasteiger charge is -2.31. The average Bonchev–Trinajstić information content (AvgIpc) is 2.86. The van der Waals surface area contributed by atoms with Crippen LogP contribution in [0.5, 0.6) is 0 Å². The Morgan fingerprint density at radius 3 is 2.53 bits per heavy atom. The fraction of sp³-hybridized carbons (Fsp3) is 0.148. The molecule has 1 aliphatic heterocycles. The third kappa shape index (κ3) is 4.84. The molecule has 0 aliphatic carbocycles. The second-order valence-corrected chi connectivity index (χ2v) is 11.4. The summed E-state index contributed by atoms with van der Waals surface area (Å²) in [5.74, 6) is -0.0927. The molecule has 0 saturated heterocycles. The summed E-state index contributed by atoms with van der Waals surface area (Å²) in [6, 6.07) is 22.7. The van der Waals surface area contributed by atoms with Gasteiger partial charge in [0.2, 0.25) is 5.91 Å². The second kappa shape index (κ2) is 9.75. The maximum absolute atomic E-state index is 13.6. The molecule has 0 radical (unpaired) electrons. The zero-order valence-electron chi connectivity index (χ0n) is 19.8. The Morgan fingerprint density at radius 1 is 0.972 bits per heavy atom. The number of thioether (sulfide) groups is 1. The van der Waals surface area contributed by atoms with E-state index >= 15 is 0 Å². The van der Waals surface area contributed by atoms with Gasteiger partial charge in [0.05, 0.1) is 29.9 Å². The van der Waals surface area contributed by atoms with E-state index in [2.05, 4.69) is 15.3 Å². The van der Waals surface area contributed by atoms with Gasteiger partial charge in [-0.25, -0.2) is 18.4 Å². The van der Waals surface area contributed by atoms with Gasteiger partial charge < -0.3 is 5.32 Å². The highest BCUT2D eigenvalue weighted by atomic mass is 32.2. The van der Waals surface area contributed by atoms with Crippen LogP contribution in [0.25, 0.3) is 11.3 Å². The highest BCUT2D eigenvalue weighted by molar-refractivity contribution is 7.99. The molecule has 182 valence electrons. The van der Waals surface area contributed by atoms with Gasteiger partial charge in [-0.2, -0.15) is 0 Å². The summed E-state index contributed by atoms with van der Waals surface area (Å²) >= 11 is 1.16. The van der Waals surface area contributed by atoms with Gasteiger partial charge >= 0.3 is 0 Å². The van der Waals surface area contributed by atoms with E-state index in [4.69, 9.17) is 0 Å². The minimum Gasteiger partial charge on any atom is -0.325 e. The minimum absolute atomic E-state index is 0.0573. The molecule has 36 heavy (non-hydrogen) atoms. The number of carbonyl (C=O) groups is 1. The van der Waals surface area contributed by atoms with Gasteiger partial charge in [-0.1, -0.05) is 71.9 Å². The number of hydrogen-bond acceptors (Lipinski definition) is 6. The Labute approximate surface area is 214 Å². The molecule has 0 saturated carbocycles. The lowest BCUT2D eigenvalue weighted by atomic mass is 10.1. The predicted octanol–water partition coefficient (Wildman–Crippen LogP) is 5.20. The monoisotopic (exact) mass is 516 g/mol. The number of fused-ring (bicyclic) bond motifs is 3. The quantitative estimate of drug-likeness (QED) is 0.280. The second-order valence-electron chi connectivity index (χ2n) is 8.59. The van der Waals surface area contributed by atoms with Crippen LogP contribution in [0, 0.1) is 13.8 Å². The molecule has 0 unspecified atom stereocenters. The smallest absolute Gasteiger partial charge is 0.268 e. The number of nitrogens with zero attached hydrogens (tertiary/aromatic N) is 3. The Hall–Kier alpha value is -3.69. The number of carbonyl (C=O) groups excluding carboxylic acids is 1. The van der Waals surface area contributed by atoms with Crippen molar-refractivity contribution >= 4 is 39.1 Å². The number of aromatic nitrogens is 2. The fourth-order valence-electron chi connectivity index (χ4n) is 4.02. The molecule has 2 heterocycles. The first-order valence-corrected chi connectivity index (χ1v) is 13.8. The number of hydrogen-bond donors (Lipinski definition) is 1. The van der Waals surface area contributed by atoms with E-state index in [0.717, 1.165) is 34.1 Å². The molecule has 4 aromatic rings. The van der Waals surface area contributed by atoms with Crippen molar-refractivity contribution in [1.82, 2.24) is 9.97 Å². The van der Waals surface area contributed by atoms with Crippen molar-refractivity contribution in [3.05, 3.63) is 95.7 Å². The van der Waals surface area contributed by atoms with E-state index in [-0.39, 0.29) is 23.1 Å². The van der Waals surface area contributed by atoms with Crippen molar-refractivity contribution in [3.8, 4) is 11.3 Å². The first-order chi connectivity index (χ1) is 17.3. The van der Waals surface area contributed by atoms with Crippen LogP contribution in [-0.4, -0.2) is 30.0 Å². The van der Waals surface area contributed by atoms with E-state index in [1.54, 1.807) is 6.07 Å². The number of sulfonamides is 1. The Balaban J connectivity index is 1.41. The fourth-order valence-corrected chi connectivity index (χ4v) is 6.20. The highest BCUT2D eigenvalue weighted by Crippen LogP contribution is 2.42. The van der Waals surface area contributed by atoms with Crippen molar-refractivity contribution in [3.63, 3.8) is 0 Å². The van der Waals surface area contributed by atoms with Gasteiger partial charge in [0, 0.05) is 11.3 Å². The maximum Gasteiger partial charge on any atom is 0.268 e. The van der Waals surface area contributed by atoms with Crippen LogP contribution in [0.2, 0.25) is 0 Å².